The van der Waals surface area contributed by atoms with Gasteiger partial charge in [-0.3, -0.25) is 4.79 Å². The van der Waals surface area contributed by atoms with Gasteiger partial charge < -0.3 is 13.9 Å². The summed E-state index contributed by atoms with van der Waals surface area (Å²) in [5.41, 5.74) is 1.63. The number of fused-ring (bicyclic) bond motifs is 1. The van der Waals surface area contributed by atoms with Crippen LogP contribution in [0.1, 0.15) is 39.0 Å². The van der Waals surface area contributed by atoms with E-state index in [0.29, 0.717) is 22.3 Å². The van der Waals surface area contributed by atoms with Crippen molar-refractivity contribution in [3.63, 3.8) is 0 Å². The van der Waals surface area contributed by atoms with E-state index in [9.17, 15) is 9.59 Å². The molecule has 0 bridgehead atoms. The molecule has 0 N–H and O–H groups in total. The topological polar surface area (TPSA) is 65.7 Å². The molecule has 4 rings (SSSR count). The number of carbonyl (C=O) groups is 1. The van der Waals surface area contributed by atoms with Gasteiger partial charge in [0.05, 0.1) is 10.9 Å². The molecule has 1 aromatic heterocycles. The average molecular weight is 392 g/mol. The van der Waals surface area contributed by atoms with E-state index >= 15 is 0 Å². The van der Waals surface area contributed by atoms with Crippen LogP contribution in [0.4, 0.5) is 0 Å². The summed E-state index contributed by atoms with van der Waals surface area (Å²) in [6.45, 7) is 1.67. The Bertz CT molecular complexity index is 1050. The molecule has 1 heterocycles. The molecule has 1 atom stereocenters. The van der Waals surface area contributed by atoms with E-state index < -0.39 is 6.10 Å². The lowest BCUT2D eigenvalue weighted by molar-refractivity contribution is -0.158. The van der Waals surface area contributed by atoms with E-state index in [4.69, 9.17) is 13.9 Å². The minimum Gasteiger partial charge on any atom is -0.479 e. The Labute approximate surface area is 169 Å². The summed E-state index contributed by atoms with van der Waals surface area (Å²) in [7, 11) is 0. The quantitative estimate of drug-likeness (QED) is 0.565. The summed E-state index contributed by atoms with van der Waals surface area (Å²) in [5, 5.41) is 0.469. The standard InChI is InChI=1S/C24H24O5/c1-16(24(26)29-18-10-6-3-7-11-18)28-19-12-13-20-22(14-19)27-15-21(23(20)25)17-8-4-2-5-9-17/h2,4-5,8-9,12-16,18H,3,6-7,10-11H2,1H3. The number of hydrogen-bond donors (Lipinski definition) is 0. The van der Waals surface area contributed by atoms with E-state index in [1.165, 1.54) is 12.7 Å². The summed E-state index contributed by atoms with van der Waals surface area (Å²) < 4.78 is 17.0. The first-order chi connectivity index (χ1) is 14.1. The van der Waals surface area contributed by atoms with E-state index in [1.54, 1.807) is 25.1 Å². The van der Waals surface area contributed by atoms with Gasteiger partial charge >= 0.3 is 5.97 Å². The molecule has 5 heteroatoms. The molecule has 1 unspecified atom stereocenters. The lowest BCUT2D eigenvalue weighted by Gasteiger charge is -2.23. The second kappa shape index (κ2) is 8.52. The highest BCUT2D eigenvalue weighted by Gasteiger charge is 2.23. The second-order valence-corrected chi connectivity index (χ2v) is 7.46. The highest BCUT2D eigenvalue weighted by molar-refractivity contribution is 5.83. The summed E-state index contributed by atoms with van der Waals surface area (Å²) in [4.78, 5) is 25.1. The van der Waals surface area contributed by atoms with Gasteiger partial charge in [-0.25, -0.2) is 4.79 Å². The lowest BCUT2D eigenvalue weighted by Crippen LogP contribution is -2.31. The van der Waals surface area contributed by atoms with E-state index in [1.807, 2.05) is 30.3 Å². The first kappa shape index (κ1) is 19.2. The molecular weight excluding hydrogens is 368 g/mol. The zero-order chi connectivity index (χ0) is 20.2. The van der Waals surface area contributed by atoms with Crippen LogP contribution in [0.25, 0.3) is 22.1 Å². The van der Waals surface area contributed by atoms with Gasteiger partial charge in [0.1, 0.15) is 23.7 Å². The Morgan fingerprint density at radius 2 is 1.83 bits per heavy atom. The number of rotatable bonds is 5. The molecule has 1 aliphatic rings. The molecular formula is C24H24O5. The van der Waals surface area contributed by atoms with Crippen LogP contribution in [0.2, 0.25) is 0 Å². The van der Waals surface area contributed by atoms with Crippen molar-refractivity contribution < 1.29 is 18.7 Å². The molecule has 0 aliphatic heterocycles. The molecule has 0 amide bonds. The zero-order valence-corrected chi connectivity index (χ0v) is 16.4. The molecule has 150 valence electrons. The third-order valence-corrected chi connectivity index (χ3v) is 5.31. The van der Waals surface area contributed by atoms with Crippen LogP contribution < -0.4 is 10.2 Å². The number of carbonyl (C=O) groups excluding carboxylic acids is 1. The van der Waals surface area contributed by atoms with Gasteiger partial charge in [-0.15, -0.1) is 0 Å². The Morgan fingerprint density at radius 1 is 1.07 bits per heavy atom. The summed E-state index contributed by atoms with van der Waals surface area (Å²) >= 11 is 0. The van der Waals surface area contributed by atoms with Crippen molar-refractivity contribution in [1.29, 1.82) is 0 Å². The van der Waals surface area contributed by atoms with Gasteiger partial charge in [0.15, 0.2) is 11.5 Å². The first-order valence-corrected chi connectivity index (χ1v) is 10.1. The van der Waals surface area contributed by atoms with Crippen LogP contribution in [-0.4, -0.2) is 18.2 Å². The molecule has 0 radical (unpaired) electrons. The first-order valence-electron chi connectivity index (χ1n) is 10.1. The molecule has 3 aromatic rings. The van der Waals surface area contributed by atoms with Gasteiger partial charge in [-0.05, 0) is 50.3 Å². The summed E-state index contributed by atoms with van der Waals surface area (Å²) in [6, 6.07) is 14.4. The predicted octanol–water partition coefficient (Wildman–Crippen LogP) is 5.10. The van der Waals surface area contributed by atoms with Crippen molar-refractivity contribution in [2.24, 2.45) is 0 Å². The Balaban J connectivity index is 1.50. The van der Waals surface area contributed by atoms with Crippen LogP contribution in [0.15, 0.2) is 64.0 Å². The molecule has 1 fully saturated rings. The number of benzene rings is 2. The average Bonchev–Trinajstić information content (AvgIpc) is 2.75. The second-order valence-electron chi connectivity index (χ2n) is 7.46. The van der Waals surface area contributed by atoms with Crippen molar-refractivity contribution in [2.45, 2.75) is 51.2 Å². The molecule has 29 heavy (non-hydrogen) atoms. The van der Waals surface area contributed by atoms with Crippen LogP contribution in [0.3, 0.4) is 0 Å². The summed E-state index contributed by atoms with van der Waals surface area (Å²) in [6.07, 6.45) is 5.97. The van der Waals surface area contributed by atoms with Crippen LogP contribution in [0.5, 0.6) is 5.75 Å². The van der Waals surface area contributed by atoms with Crippen molar-refractivity contribution in [3.05, 3.63) is 65.0 Å². The maximum Gasteiger partial charge on any atom is 0.347 e. The Morgan fingerprint density at radius 3 is 2.59 bits per heavy atom. The van der Waals surface area contributed by atoms with Gasteiger partial charge in [0.2, 0.25) is 0 Å². The van der Waals surface area contributed by atoms with Gasteiger partial charge in [0.25, 0.3) is 0 Å². The van der Waals surface area contributed by atoms with Crippen molar-refractivity contribution >= 4 is 16.9 Å². The molecule has 5 nitrogen and oxygen atoms in total. The fraction of sp³-hybridized carbons (Fsp3) is 0.333. The van der Waals surface area contributed by atoms with Gasteiger partial charge in [0, 0.05) is 6.07 Å². The van der Waals surface area contributed by atoms with E-state index in [0.717, 1.165) is 31.2 Å². The van der Waals surface area contributed by atoms with E-state index in [-0.39, 0.29) is 17.5 Å². The Kier molecular flexibility index (Phi) is 5.65. The van der Waals surface area contributed by atoms with Crippen molar-refractivity contribution in [3.8, 4) is 16.9 Å². The molecule has 0 spiro atoms. The number of hydrogen-bond acceptors (Lipinski definition) is 5. The van der Waals surface area contributed by atoms with Crippen LogP contribution >= 0.6 is 0 Å². The third kappa shape index (κ3) is 4.34. The highest BCUT2D eigenvalue weighted by atomic mass is 16.6. The van der Waals surface area contributed by atoms with Crippen LogP contribution in [-0.2, 0) is 9.53 Å². The molecule has 1 aliphatic carbocycles. The maximum atomic E-state index is 12.8. The van der Waals surface area contributed by atoms with Crippen molar-refractivity contribution in [1.82, 2.24) is 0 Å². The van der Waals surface area contributed by atoms with Gasteiger partial charge in [-0.2, -0.15) is 0 Å². The van der Waals surface area contributed by atoms with Crippen molar-refractivity contribution in [2.75, 3.05) is 0 Å². The molecule has 2 aromatic carbocycles. The SMILES string of the molecule is CC(Oc1ccc2c(=O)c(-c3ccccc3)coc2c1)C(=O)OC1CCCCC1. The predicted molar refractivity (Wildman–Crippen MR) is 111 cm³/mol. The lowest BCUT2D eigenvalue weighted by atomic mass is 9.98. The molecule has 1 saturated carbocycles. The largest absolute Gasteiger partial charge is 0.479 e. The minimum atomic E-state index is -0.732. The highest BCUT2D eigenvalue weighted by Crippen LogP contribution is 2.25. The Hall–Kier alpha value is -3.08. The molecule has 0 saturated heterocycles. The third-order valence-electron chi connectivity index (χ3n) is 5.31. The van der Waals surface area contributed by atoms with Crippen LogP contribution in [0, 0.1) is 0 Å². The minimum absolute atomic E-state index is 0.00617. The van der Waals surface area contributed by atoms with Gasteiger partial charge in [-0.1, -0.05) is 36.8 Å². The number of ether oxygens (including phenoxy) is 2. The fourth-order valence-electron chi connectivity index (χ4n) is 3.69. The maximum absolute atomic E-state index is 12.8. The smallest absolute Gasteiger partial charge is 0.347 e. The zero-order valence-electron chi connectivity index (χ0n) is 16.4. The normalized spacial score (nSPS) is 15.8. The number of esters is 1. The fourth-order valence-corrected chi connectivity index (χ4v) is 3.69. The summed E-state index contributed by atoms with van der Waals surface area (Å²) in [5.74, 6) is 0.0964. The van der Waals surface area contributed by atoms with E-state index in [2.05, 4.69) is 0 Å². The monoisotopic (exact) mass is 392 g/mol.